The number of nitrogens with one attached hydrogen (secondary N) is 2. The minimum Gasteiger partial charge on any atom is -0.390 e. The normalized spacial score (nSPS) is 13.1. The molecule has 0 aliphatic rings. The molecule has 0 spiro atoms. The highest BCUT2D eigenvalue weighted by molar-refractivity contribution is 5.78. The van der Waals surface area contributed by atoms with Crippen LogP contribution in [0.1, 0.15) is 43.7 Å². The number of nitrogens with zero attached hydrogens (tertiary/aromatic N) is 2. The van der Waals surface area contributed by atoms with Crippen LogP contribution in [0.2, 0.25) is 0 Å². The van der Waals surface area contributed by atoms with Gasteiger partial charge in [0.1, 0.15) is 5.76 Å². The largest absolute Gasteiger partial charge is 0.390 e. The second kappa shape index (κ2) is 12.1. The van der Waals surface area contributed by atoms with E-state index >= 15 is 0 Å². The second-order valence-electron chi connectivity index (χ2n) is 7.37. The van der Waals surface area contributed by atoms with E-state index in [4.69, 9.17) is 4.52 Å². The summed E-state index contributed by atoms with van der Waals surface area (Å²) in [5, 5.41) is 19.3. The van der Waals surface area contributed by atoms with Crippen molar-refractivity contribution in [2.24, 2.45) is 0 Å². The van der Waals surface area contributed by atoms with Crippen molar-refractivity contribution in [3.05, 3.63) is 53.4 Å². The number of aliphatic hydroxyl groups excluding tert-OH is 1. The van der Waals surface area contributed by atoms with E-state index in [2.05, 4.69) is 15.9 Å². The van der Waals surface area contributed by atoms with E-state index in [9.17, 15) is 14.7 Å². The number of carbonyl (C=O) groups is 2. The Kier molecular flexibility index (Phi) is 9.50. The van der Waals surface area contributed by atoms with Crippen molar-refractivity contribution >= 4 is 11.8 Å². The Bertz CT molecular complexity index is 793. The zero-order valence-corrected chi connectivity index (χ0v) is 17.9. The summed E-state index contributed by atoms with van der Waals surface area (Å²) in [5.41, 5.74) is 4.52. The van der Waals surface area contributed by atoms with Crippen LogP contribution in [0.4, 0.5) is 0 Å². The summed E-state index contributed by atoms with van der Waals surface area (Å²) in [4.78, 5) is 24.5. The van der Waals surface area contributed by atoms with Crippen molar-refractivity contribution < 1.29 is 19.2 Å². The lowest BCUT2D eigenvalue weighted by molar-refractivity contribution is -0.127. The third-order valence-electron chi connectivity index (χ3n) is 4.67. The fourth-order valence-electron chi connectivity index (χ4n) is 3.13. The van der Waals surface area contributed by atoms with Crippen molar-refractivity contribution in [1.29, 1.82) is 0 Å². The van der Waals surface area contributed by atoms with Gasteiger partial charge in [0.2, 0.25) is 11.8 Å². The molecule has 8 heteroatoms. The molecular formula is C22H32N4O4. The highest BCUT2D eigenvalue weighted by Gasteiger charge is 2.25. The minimum atomic E-state index is -0.882. The molecule has 0 fully saturated rings. The van der Waals surface area contributed by atoms with E-state index in [0.717, 1.165) is 12.0 Å². The van der Waals surface area contributed by atoms with Crippen LogP contribution in [-0.4, -0.2) is 52.3 Å². The van der Waals surface area contributed by atoms with Crippen LogP contribution in [0.3, 0.4) is 0 Å². The Morgan fingerprint density at radius 3 is 2.53 bits per heavy atom. The fraction of sp³-hybridized carbons (Fsp3) is 0.500. The summed E-state index contributed by atoms with van der Waals surface area (Å²) in [5.74, 6) is 0.125. The van der Waals surface area contributed by atoms with Gasteiger partial charge in [0.15, 0.2) is 0 Å². The molecule has 3 N–H and O–H groups in total. The lowest BCUT2D eigenvalue weighted by Gasteiger charge is -2.29. The molecule has 1 aromatic heterocycles. The van der Waals surface area contributed by atoms with Gasteiger partial charge in [0.05, 0.1) is 24.3 Å². The smallest absolute Gasteiger partial charge is 0.234 e. The Labute approximate surface area is 177 Å². The molecule has 2 atom stereocenters. The number of aliphatic hydroxyl groups is 1. The molecule has 8 nitrogen and oxygen atoms in total. The van der Waals surface area contributed by atoms with E-state index in [1.165, 1.54) is 0 Å². The maximum atomic E-state index is 12.6. The Morgan fingerprint density at radius 2 is 1.93 bits per heavy atom. The van der Waals surface area contributed by atoms with Crippen molar-refractivity contribution in [2.75, 3.05) is 13.1 Å². The number of rotatable bonds is 12. The molecule has 2 aromatic rings. The third kappa shape index (κ3) is 7.96. The van der Waals surface area contributed by atoms with Gasteiger partial charge in [-0.15, -0.1) is 0 Å². The first-order valence-electron chi connectivity index (χ1n) is 10.4. The highest BCUT2D eigenvalue weighted by atomic mass is 16.5. The first-order valence-corrected chi connectivity index (χ1v) is 10.4. The van der Waals surface area contributed by atoms with Crippen LogP contribution in [0, 0.1) is 6.92 Å². The highest BCUT2D eigenvalue weighted by Crippen LogP contribution is 2.09. The molecule has 0 aliphatic carbocycles. The van der Waals surface area contributed by atoms with Gasteiger partial charge >= 0.3 is 0 Å². The predicted octanol–water partition coefficient (Wildman–Crippen LogP) is 1.77. The summed E-state index contributed by atoms with van der Waals surface area (Å²) < 4.78 is 5.11. The molecule has 2 amide bonds. The molecule has 0 saturated heterocycles. The first kappa shape index (κ1) is 23.6. The number of aromatic nitrogens is 1. The van der Waals surface area contributed by atoms with E-state index in [0.29, 0.717) is 30.8 Å². The van der Waals surface area contributed by atoms with Crippen LogP contribution >= 0.6 is 0 Å². The van der Waals surface area contributed by atoms with Gasteiger partial charge in [-0.2, -0.15) is 0 Å². The number of hydrazine groups is 1. The van der Waals surface area contributed by atoms with Crippen LogP contribution in [0.15, 0.2) is 40.9 Å². The van der Waals surface area contributed by atoms with Crippen molar-refractivity contribution in [2.45, 2.75) is 58.6 Å². The number of aryl methyl sites for hydroxylation is 1. The number of hydrogen-bond donors (Lipinski definition) is 3. The Balaban J connectivity index is 2.05. The van der Waals surface area contributed by atoms with E-state index in [1.54, 1.807) is 18.0 Å². The van der Waals surface area contributed by atoms with Gasteiger partial charge in [-0.25, -0.2) is 5.01 Å². The van der Waals surface area contributed by atoms with Crippen LogP contribution < -0.4 is 10.7 Å². The van der Waals surface area contributed by atoms with Gasteiger partial charge in [-0.1, -0.05) is 49.3 Å². The van der Waals surface area contributed by atoms with Gasteiger partial charge in [0, 0.05) is 25.6 Å². The number of likely N-dealkylation sites (N-methyl/N-ethyl adjacent to an activating group) is 1. The van der Waals surface area contributed by atoms with Crippen LogP contribution in [0.25, 0.3) is 0 Å². The summed E-state index contributed by atoms with van der Waals surface area (Å²) in [6, 6.07) is 10.8. The first-order chi connectivity index (χ1) is 14.4. The van der Waals surface area contributed by atoms with Crippen molar-refractivity contribution in [3.63, 3.8) is 0 Å². The van der Waals surface area contributed by atoms with Crippen LogP contribution in [-0.2, 0) is 22.4 Å². The summed E-state index contributed by atoms with van der Waals surface area (Å²) in [7, 11) is 0. The SMILES string of the molecule is CCCC(=O)NN(CC)C[C@@H](O)[C@H](Cc1ccccc1)NC(=O)Cc1cc(C)no1. The Hall–Kier alpha value is -2.71. The topological polar surface area (TPSA) is 108 Å². The van der Waals surface area contributed by atoms with Gasteiger partial charge in [-0.3, -0.25) is 15.0 Å². The van der Waals surface area contributed by atoms with Crippen molar-refractivity contribution in [1.82, 2.24) is 20.9 Å². The molecule has 0 saturated carbocycles. The minimum absolute atomic E-state index is 0.0452. The number of benzene rings is 1. The van der Waals surface area contributed by atoms with E-state index < -0.39 is 12.1 Å². The number of carbonyl (C=O) groups excluding carboxylic acids is 2. The summed E-state index contributed by atoms with van der Waals surface area (Å²) in [6.07, 6.45) is 0.799. The zero-order valence-electron chi connectivity index (χ0n) is 17.9. The lowest BCUT2D eigenvalue weighted by atomic mass is 10.0. The fourth-order valence-corrected chi connectivity index (χ4v) is 3.13. The average molecular weight is 417 g/mol. The third-order valence-corrected chi connectivity index (χ3v) is 4.67. The average Bonchev–Trinajstić information content (AvgIpc) is 3.12. The van der Waals surface area contributed by atoms with E-state index in [1.807, 2.05) is 44.2 Å². The van der Waals surface area contributed by atoms with Gasteiger partial charge in [0.25, 0.3) is 0 Å². The molecular weight excluding hydrogens is 384 g/mol. The molecule has 0 aliphatic heterocycles. The lowest BCUT2D eigenvalue weighted by Crippen LogP contribution is -2.53. The zero-order chi connectivity index (χ0) is 21.9. The maximum Gasteiger partial charge on any atom is 0.234 e. The standard InChI is InChI=1S/C22H32N4O4/c1-4-9-21(28)24-26(5-2)15-20(27)19(13-17-10-7-6-8-11-17)23-22(29)14-18-12-16(3)25-30-18/h6-8,10-12,19-20,27H,4-5,9,13-15H2,1-3H3,(H,23,29)(H,24,28)/t19-,20+/m0/s1. The van der Waals surface area contributed by atoms with E-state index in [-0.39, 0.29) is 24.8 Å². The quantitative estimate of drug-likeness (QED) is 0.455. The molecule has 2 rings (SSSR count). The van der Waals surface area contributed by atoms with Gasteiger partial charge in [-0.05, 0) is 25.3 Å². The molecule has 30 heavy (non-hydrogen) atoms. The predicted molar refractivity (Wildman–Crippen MR) is 113 cm³/mol. The van der Waals surface area contributed by atoms with Gasteiger partial charge < -0.3 is 14.9 Å². The molecule has 1 heterocycles. The maximum absolute atomic E-state index is 12.6. The summed E-state index contributed by atoms with van der Waals surface area (Å²) in [6.45, 7) is 6.36. The second-order valence-corrected chi connectivity index (χ2v) is 7.37. The molecule has 164 valence electrons. The Morgan fingerprint density at radius 1 is 1.20 bits per heavy atom. The molecule has 1 aromatic carbocycles. The monoisotopic (exact) mass is 416 g/mol. The number of hydrogen-bond acceptors (Lipinski definition) is 6. The number of amides is 2. The van der Waals surface area contributed by atoms with Crippen LogP contribution in [0.5, 0.6) is 0 Å². The molecule has 0 bridgehead atoms. The van der Waals surface area contributed by atoms with Crippen molar-refractivity contribution in [3.8, 4) is 0 Å². The molecule has 0 unspecified atom stereocenters. The summed E-state index contributed by atoms with van der Waals surface area (Å²) >= 11 is 0. The molecule has 0 radical (unpaired) electrons.